The van der Waals surface area contributed by atoms with E-state index < -0.39 is 6.10 Å². The number of nitrogens with zero attached hydrogens (tertiary/aromatic N) is 1. The van der Waals surface area contributed by atoms with E-state index in [1.54, 1.807) is 45.4 Å². The highest BCUT2D eigenvalue weighted by Crippen LogP contribution is 2.30. The molecule has 2 rings (SSSR count). The zero-order chi connectivity index (χ0) is 15.2. The van der Waals surface area contributed by atoms with Crippen LogP contribution < -0.4 is 9.47 Å². The average molecular weight is 293 g/mol. The van der Waals surface area contributed by atoms with Crippen LogP contribution in [0.15, 0.2) is 28.8 Å². The second-order valence-electron chi connectivity index (χ2n) is 4.59. The molecule has 21 heavy (non-hydrogen) atoms. The quantitative estimate of drug-likeness (QED) is 0.845. The molecule has 6 nitrogen and oxygen atoms in total. The molecule has 0 fully saturated rings. The van der Waals surface area contributed by atoms with E-state index >= 15 is 0 Å². The van der Waals surface area contributed by atoms with E-state index in [0.29, 0.717) is 29.6 Å². The minimum absolute atomic E-state index is 0.262. The number of hydrogen-bond donors (Lipinski definition) is 1. The van der Waals surface area contributed by atoms with Crippen LogP contribution in [0, 0.1) is 0 Å². The normalized spacial score (nSPS) is 12.2. The first-order valence-electron chi connectivity index (χ1n) is 6.56. The summed E-state index contributed by atoms with van der Waals surface area (Å²) in [5.74, 6) is 1.79. The first-order valence-corrected chi connectivity index (χ1v) is 6.56. The van der Waals surface area contributed by atoms with Gasteiger partial charge in [-0.15, -0.1) is 0 Å². The van der Waals surface area contributed by atoms with Crippen molar-refractivity contribution in [1.82, 2.24) is 5.16 Å². The first kappa shape index (κ1) is 15.3. The lowest BCUT2D eigenvalue weighted by atomic mass is 10.1. The maximum absolute atomic E-state index is 9.57. The fourth-order valence-corrected chi connectivity index (χ4v) is 1.85. The maximum Gasteiger partial charge on any atom is 0.162 e. The number of hydrogen-bond acceptors (Lipinski definition) is 6. The molecular weight excluding hydrogens is 274 g/mol. The lowest BCUT2D eigenvalue weighted by Gasteiger charge is -2.12. The Labute approximate surface area is 123 Å². The van der Waals surface area contributed by atoms with Gasteiger partial charge >= 0.3 is 0 Å². The van der Waals surface area contributed by atoms with Crippen molar-refractivity contribution in [1.29, 1.82) is 0 Å². The third-order valence-corrected chi connectivity index (χ3v) is 2.94. The van der Waals surface area contributed by atoms with Crippen molar-refractivity contribution in [2.45, 2.75) is 26.2 Å². The van der Waals surface area contributed by atoms with Crippen LogP contribution in [0.1, 0.15) is 30.0 Å². The van der Waals surface area contributed by atoms with Crippen LogP contribution in [-0.4, -0.2) is 24.5 Å². The van der Waals surface area contributed by atoms with Gasteiger partial charge in [0.2, 0.25) is 0 Å². The maximum atomic E-state index is 9.57. The molecule has 1 atom stereocenters. The van der Waals surface area contributed by atoms with Crippen LogP contribution in [0.3, 0.4) is 0 Å². The summed E-state index contributed by atoms with van der Waals surface area (Å²) >= 11 is 0. The first-order chi connectivity index (χ1) is 10.1. The summed E-state index contributed by atoms with van der Waals surface area (Å²) in [5.41, 5.74) is 1.44. The van der Waals surface area contributed by atoms with Gasteiger partial charge in [-0.25, -0.2) is 0 Å². The number of aromatic nitrogens is 1. The minimum atomic E-state index is -0.555. The fraction of sp³-hybridized carbons (Fsp3) is 0.400. The van der Waals surface area contributed by atoms with Gasteiger partial charge in [0.15, 0.2) is 17.3 Å². The van der Waals surface area contributed by atoms with Crippen molar-refractivity contribution >= 4 is 0 Å². The number of aliphatic hydroxyl groups excluding tert-OH is 1. The summed E-state index contributed by atoms with van der Waals surface area (Å²) in [5, 5.41) is 13.5. The number of benzene rings is 1. The lowest BCUT2D eigenvalue weighted by Crippen LogP contribution is -1.99. The molecule has 0 aliphatic heterocycles. The van der Waals surface area contributed by atoms with E-state index in [1.165, 1.54) is 0 Å². The predicted octanol–water partition coefficient (Wildman–Crippen LogP) is 2.46. The Morgan fingerprint density at radius 2 is 2.00 bits per heavy atom. The topological polar surface area (TPSA) is 74.0 Å². The van der Waals surface area contributed by atoms with Crippen LogP contribution in [0.25, 0.3) is 0 Å². The highest BCUT2D eigenvalue weighted by atomic mass is 16.5. The smallest absolute Gasteiger partial charge is 0.162 e. The Hall–Kier alpha value is -2.05. The monoisotopic (exact) mass is 293 g/mol. The molecule has 0 aliphatic rings. The molecule has 1 N–H and O–H groups in total. The van der Waals surface area contributed by atoms with E-state index in [0.717, 1.165) is 5.56 Å². The average Bonchev–Trinajstić information content (AvgIpc) is 2.93. The molecule has 6 heteroatoms. The van der Waals surface area contributed by atoms with Crippen molar-refractivity contribution < 1.29 is 23.8 Å². The Morgan fingerprint density at radius 1 is 1.19 bits per heavy atom. The van der Waals surface area contributed by atoms with Gasteiger partial charge in [-0.3, -0.25) is 0 Å². The molecule has 114 valence electrons. The molecule has 0 bridgehead atoms. The second-order valence-corrected chi connectivity index (χ2v) is 4.59. The molecule has 0 radical (unpaired) electrons. The molecule has 1 aromatic heterocycles. The Morgan fingerprint density at radius 3 is 2.67 bits per heavy atom. The standard InChI is InChI=1S/C15H19NO5/c1-10(17)11-4-5-14(15(6-11)19-3)20-8-12-7-13(9-18-2)21-16-12/h4-7,10,17H,8-9H2,1-3H3. The van der Waals surface area contributed by atoms with Crippen molar-refractivity contribution in [3.63, 3.8) is 0 Å². The molecule has 0 amide bonds. The molecular formula is C15H19NO5. The van der Waals surface area contributed by atoms with E-state index in [2.05, 4.69) is 5.16 Å². The number of methoxy groups -OCH3 is 2. The molecule has 2 aromatic rings. The lowest BCUT2D eigenvalue weighted by molar-refractivity contribution is 0.155. The van der Waals surface area contributed by atoms with E-state index in [9.17, 15) is 5.11 Å². The molecule has 1 heterocycles. The van der Waals surface area contributed by atoms with E-state index in [1.807, 2.05) is 0 Å². The van der Waals surface area contributed by atoms with Crippen LogP contribution in [-0.2, 0) is 18.0 Å². The van der Waals surface area contributed by atoms with E-state index in [4.69, 9.17) is 18.7 Å². The molecule has 1 aromatic carbocycles. The molecule has 0 spiro atoms. The van der Waals surface area contributed by atoms with Crippen molar-refractivity contribution in [2.24, 2.45) is 0 Å². The summed E-state index contributed by atoms with van der Waals surface area (Å²) in [6.07, 6.45) is -0.555. The highest BCUT2D eigenvalue weighted by Gasteiger charge is 2.10. The predicted molar refractivity (Wildman–Crippen MR) is 75.2 cm³/mol. The van der Waals surface area contributed by atoms with Crippen LogP contribution in [0.4, 0.5) is 0 Å². The number of aliphatic hydroxyl groups is 1. The van der Waals surface area contributed by atoms with Crippen LogP contribution in [0.2, 0.25) is 0 Å². The van der Waals surface area contributed by atoms with Crippen LogP contribution in [0.5, 0.6) is 11.5 Å². The van der Waals surface area contributed by atoms with Crippen LogP contribution >= 0.6 is 0 Å². The van der Waals surface area contributed by atoms with Crippen molar-refractivity contribution in [3.8, 4) is 11.5 Å². The summed E-state index contributed by atoms with van der Waals surface area (Å²) in [6.45, 7) is 2.33. The van der Waals surface area contributed by atoms with Gasteiger partial charge in [-0.05, 0) is 24.6 Å². The highest BCUT2D eigenvalue weighted by molar-refractivity contribution is 5.43. The van der Waals surface area contributed by atoms with Gasteiger partial charge in [0, 0.05) is 13.2 Å². The Kier molecular flexibility index (Phi) is 5.19. The number of ether oxygens (including phenoxy) is 3. The van der Waals surface area contributed by atoms with Crippen molar-refractivity contribution in [2.75, 3.05) is 14.2 Å². The van der Waals surface area contributed by atoms with Gasteiger partial charge in [0.05, 0.1) is 13.2 Å². The number of rotatable bonds is 7. The molecule has 1 unspecified atom stereocenters. The second kappa shape index (κ2) is 7.10. The zero-order valence-corrected chi connectivity index (χ0v) is 12.3. The zero-order valence-electron chi connectivity index (χ0n) is 12.3. The third kappa shape index (κ3) is 3.96. The SMILES string of the molecule is COCc1cc(COc2ccc(C(C)O)cc2OC)no1. The summed E-state index contributed by atoms with van der Waals surface area (Å²) in [7, 11) is 3.15. The summed E-state index contributed by atoms with van der Waals surface area (Å²) in [6, 6.07) is 7.08. The van der Waals surface area contributed by atoms with Gasteiger partial charge < -0.3 is 23.8 Å². The minimum Gasteiger partial charge on any atom is -0.493 e. The Bertz CT molecular complexity index is 579. The molecule has 0 saturated heterocycles. The van der Waals surface area contributed by atoms with Gasteiger partial charge in [-0.1, -0.05) is 11.2 Å². The van der Waals surface area contributed by atoms with Crippen molar-refractivity contribution in [3.05, 3.63) is 41.3 Å². The van der Waals surface area contributed by atoms with E-state index in [-0.39, 0.29) is 6.61 Å². The summed E-state index contributed by atoms with van der Waals surface area (Å²) in [4.78, 5) is 0. The van der Waals surface area contributed by atoms with Gasteiger partial charge in [-0.2, -0.15) is 0 Å². The largest absolute Gasteiger partial charge is 0.493 e. The van der Waals surface area contributed by atoms with Gasteiger partial charge in [0.25, 0.3) is 0 Å². The molecule has 0 saturated carbocycles. The fourth-order valence-electron chi connectivity index (χ4n) is 1.85. The molecule has 0 aliphatic carbocycles. The third-order valence-electron chi connectivity index (χ3n) is 2.94. The Balaban J connectivity index is 2.04. The summed E-state index contributed by atoms with van der Waals surface area (Å²) < 4.78 is 21.0. The van der Waals surface area contributed by atoms with Gasteiger partial charge in [0.1, 0.15) is 18.9 Å².